The second-order valence-corrected chi connectivity index (χ2v) is 7.36. The number of halogens is 1. The van der Waals surface area contributed by atoms with Crippen molar-refractivity contribution in [1.82, 2.24) is 10.2 Å². The van der Waals surface area contributed by atoms with Crippen molar-refractivity contribution in [2.75, 3.05) is 43.9 Å². The summed E-state index contributed by atoms with van der Waals surface area (Å²) in [6.45, 7) is 2.97. The van der Waals surface area contributed by atoms with Crippen molar-refractivity contribution in [2.45, 2.75) is 18.9 Å². The molecule has 7 nitrogen and oxygen atoms in total. The third kappa shape index (κ3) is 2.71. The first-order chi connectivity index (χ1) is 12.0. The number of ether oxygens (including phenoxy) is 1. The number of rotatable bonds is 2. The first-order valence-electron chi connectivity index (χ1n) is 8.50. The Morgan fingerprint density at radius 1 is 1.40 bits per heavy atom. The molecule has 0 radical (unpaired) electrons. The molecule has 3 fully saturated rings. The van der Waals surface area contributed by atoms with Gasteiger partial charge in [0.25, 0.3) is 11.8 Å². The van der Waals surface area contributed by atoms with E-state index in [0.29, 0.717) is 22.9 Å². The van der Waals surface area contributed by atoms with Gasteiger partial charge >= 0.3 is 0 Å². The normalized spacial score (nSPS) is 27.7. The maximum absolute atomic E-state index is 12.9. The molecular formula is C17H21ClN4O3. The third-order valence-electron chi connectivity index (χ3n) is 5.51. The van der Waals surface area contributed by atoms with Crippen LogP contribution in [0.1, 0.15) is 23.2 Å². The molecule has 0 aromatic heterocycles. The van der Waals surface area contributed by atoms with Crippen LogP contribution in [0.25, 0.3) is 0 Å². The predicted molar refractivity (Wildman–Crippen MR) is 95.2 cm³/mol. The lowest BCUT2D eigenvalue weighted by molar-refractivity contribution is -0.121. The third-order valence-corrected chi connectivity index (χ3v) is 5.82. The lowest BCUT2D eigenvalue weighted by Crippen LogP contribution is -2.57. The number of hydrogen-bond donors (Lipinski definition) is 2. The summed E-state index contributed by atoms with van der Waals surface area (Å²) in [7, 11) is 1.60. The molecule has 1 aromatic carbocycles. The van der Waals surface area contributed by atoms with Crippen LogP contribution in [0.4, 0.5) is 11.4 Å². The average molecular weight is 365 g/mol. The van der Waals surface area contributed by atoms with Crippen LogP contribution in [0.3, 0.4) is 0 Å². The zero-order valence-electron chi connectivity index (χ0n) is 14.0. The van der Waals surface area contributed by atoms with Gasteiger partial charge in [0.15, 0.2) is 12.4 Å². The van der Waals surface area contributed by atoms with Gasteiger partial charge in [-0.15, -0.1) is 0 Å². The van der Waals surface area contributed by atoms with Crippen molar-refractivity contribution in [3.05, 3.63) is 16.7 Å². The molecule has 2 amide bonds. The van der Waals surface area contributed by atoms with E-state index in [0.717, 1.165) is 32.5 Å². The van der Waals surface area contributed by atoms with Crippen LogP contribution < -0.4 is 20.7 Å². The molecule has 0 saturated carbocycles. The Balaban J connectivity index is 1.65. The Labute approximate surface area is 151 Å². The fourth-order valence-electron chi connectivity index (χ4n) is 4.01. The largest absolute Gasteiger partial charge is 0.481 e. The van der Waals surface area contributed by atoms with Crippen molar-refractivity contribution in [1.29, 1.82) is 0 Å². The van der Waals surface area contributed by atoms with E-state index >= 15 is 0 Å². The highest BCUT2D eigenvalue weighted by Gasteiger charge is 2.36. The number of piperidine rings is 3. The van der Waals surface area contributed by atoms with Crippen LogP contribution in [0.15, 0.2) is 6.07 Å². The fraction of sp³-hybridized carbons (Fsp3) is 0.529. The van der Waals surface area contributed by atoms with Gasteiger partial charge in [0.05, 0.1) is 16.3 Å². The van der Waals surface area contributed by atoms with Crippen molar-refractivity contribution in [3.8, 4) is 5.75 Å². The molecule has 4 aliphatic heterocycles. The zero-order chi connectivity index (χ0) is 17.7. The molecule has 8 heteroatoms. The van der Waals surface area contributed by atoms with E-state index in [1.807, 2.05) is 0 Å². The average Bonchev–Trinajstić information content (AvgIpc) is 2.61. The number of carbonyl (C=O) groups is 2. The minimum atomic E-state index is -0.236. The first kappa shape index (κ1) is 16.5. The molecule has 5 rings (SSSR count). The van der Waals surface area contributed by atoms with Gasteiger partial charge in [-0.25, -0.2) is 0 Å². The number of likely N-dealkylation sites (N-methyl/N-ethyl adjacent to an activating group) is 1. The van der Waals surface area contributed by atoms with E-state index in [-0.39, 0.29) is 35.2 Å². The lowest BCUT2D eigenvalue weighted by atomic mass is 9.84. The van der Waals surface area contributed by atoms with Crippen molar-refractivity contribution in [3.63, 3.8) is 0 Å². The van der Waals surface area contributed by atoms with Gasteiger partial charge in [0.1, 0.15) is 5.69 Å². The fourth-order valence-corrected chi connectivity index (χ4v) is 4.21. The van der Waals surface area contributed by atoms with Crippen LogP contribution in [-0.2, 0) is 4.79 Å². The zero-order valence-corrected chi connectivity index (χ0v) is 14.8. The molecule has 134 valence electrons. The van der Waals surface area contributed by atoms with E-state index in [4.69, 9.17) is 22.1 Å². The van der Waals surface area contributed by atoms with Gasteiger partial charge in [-0.1, -0.05) is 11.6 Å². The Morgan fingerprint density at radius 2 is 2.12 bits per heavy atom. The van der Waals surface area contributed by atoms with E-state index in [1.165, 1.54) is 11.0 Å². The Bertz CT molecular complexity index is 746. The van der Waals surface area contributed by atoms with Crippen LogP contribution >= 0.6 is 11.6 Å². The topological polar surface area (TPSA) is 87.9 Å². The molecule has 1 unspecified atom stereocenters. The Kier molecular flexibility index (Phi) is 4.00. The Hall–Kier alpha value is -1.99. The molecular weight excluding hydrogens is 344 g/mol. The Morgan fingerprint density at radius 3 is 2.76 bits per heavy atom. The summed E-state index contributed by atoms with van der Waals surface area (Å²) in [4.78, 5) is 28.6. The minimum Gasteiger partial charge on any atom is -0.481 e. The summed E-state index contributed by atoms with van der Waals surface area (Å²) < 4.78 is 5.54. The second kappa shape index (κ2) is 6.07. The van der Waals surface area contributed by atoms with Crippen LogP contribution in [0, 0.1) is 5.92 Å². The van der Waals surface area contributed by atoms with Gasteiger partial charge in [-0.2, -0.15) is 0 Å². The number of nitrogens with two attached hydrogens (primary N) is 1. The quantitative estimate of drug-likeness (QED) is 0.767. The smallest absolute Gasteiger partial charge is 0.264 e. The number of nitrogens with zero attached hydrogens (tertiary/aromatic N) is 2. The highest BCUT2D eigenvalue weighted by atomic mass is 35.5. The van der Waals surface area contributed by atoms with Gasteiger partial charge in [0.2, 0.25) is 0 Å². The summed E-state index contributed by atoms with van der Waals surface area (Å²) in [5.74, 6) is 0.367. The number of amides is 2. The van der Waals surface area contributed by atoms with E-state index in [9.17, 15) is 9.59 Å². The molecule has 25 heavy (non-hydrogen) atoms. The number of carbonyl (C=O) groups excluding carboxylic acids is 2. The number of nitrogens with one attached hydrogen (secondary N) is 1. The van der Waals surface area contributed by atoms with Crippen molar-refractivity contribution >= 4 is 34.8 Å². The summed E-state index contributed by atoms with van der Waals surface area (Å²) in [6, 6.07) is 1.65. The molecule has 2 bridgehead atoms. The molecule has 3 saturated heterocycles. The predicted octanol–water partition coefficient (Wildman–Crippen LogP) is 1.10. The van der Waals surface area contributed by atoms with Crippen LogP contribution in [0.2, 0.25) is 5.02 Å². The summed E-state index contributed by atoms with van der Waals surface area (Å²) in [5.41, 5.74) is 6.94. The van der Waals surface area contributed by atoms with Crippen molar-refractivity contribution in [2.24, 2.45) is 5.92 Å². The molecule has 1 aromatic rings. The second-order valence-electron chi connectivity index (χ2n) is 6.96. The summed E-state index contributed by atoms with van der Waals surface area (Å²) in [6.07, 6.45) is 2.22. The van der Waals surface area contributed by atoms with E-state index in [1.54, 1.807) is 7.05 Å². The van der Waals surface area contributed by atoms with Gasteiger partial charge < -0.3 is 25.6 Å². The van der Waals surface area contributed by atoms with Gasteiger partial charge in [-0.3, -0.25) is 9.59 Å². The maximum Gasteiger partial charge on any atom is 0.264 e. The van der Waals surface area contributed by atoms with Crippen LogP contribution in [0.5, 0.6) is 5.75 Å². The minimum absolute atomic E-state index is 0.120. The monoisotopic (exact) mass is 364 g/mol. The highest BCUT2D eigenvalue weighted by molar-refractivity contribution is 6.35. The standard InChI is InChI=1S/C17H21ClN4O3/c1-21-13(23)8-25-16-10(6-11(18)14(19)15(16)21)17(24)20-12-7-22-4-2-9(12)3-5-22/h6,9,12H,2-5,7-8,19H2,1H3,(H,20,24). The molecule has 0 spiro atoms. The molecule has 0 aliphatic carbocycles. The van der Waals surface area contributed by atoms with Gasteiger partial charge in [0, 0.05) is 19.6 Å². The van der Waals surface area contributed by atoms with Crippen molar-refractivity contribution < 1.29 is 14.3 Å². The molecule has 1 atom stereocenters. The SMILES string of the molecule is CN1C(=O)COc2c(C(=O)NC3CN4CCC3CC4)cc(Cl)c(N)c21. The number of fused-ring (bicyclic) bond motifs is 4. The van der Waals surface area contributed by atoms with E-state index < -0.39 is 0 Å². The summed E-state index contributed by atoms with van der Waals surface area (Å²) in [5, 5.41) is 3.36. The van der Waals surface area contributed by atoms with Crippen LogP contribution in [-0.4, -0.2) is 56.0 Å². The number of hydrogen-bond acceptors (Lipinski definition) is 5. The molecule has 4 heterocycles. The maximum atomic E-state index is 12.9. The summed E-state index contributed by atoms with van der Waals surface area (Å²) >= 11 is 6.21. The highest BCUT2D eigenvalue weighted by Crippen LogP contribution is 2.43. The van der Waals surface area contributed by atoms with Gasteiger partial charge in [-0.05, 0) is 37.9 Å². The number of nitrogen functional groups attached to an aromatic ring is 1. The van der Waals surface area contributed by atoms with E-state index in [2.05, 4.69) is 10.2 Å². The lowest BCUT2D eigenvalue weighted by Gasteiger charge is -2.45. The number of benzene rings is 1. The molecule has 4 aliphatic rings. The molecule has 3 N–H and O–H groups in total. The number of anilines is 2. The first-order valence-corrected chi connectivity index (χ1v) is 8.88.